The Morgan fingerprint density at radius 2 is 1.73 bits per heavy atom. The van der Waals surface area contributed by atoms with Crippen LogP contribution in [0.15, 0.2) is 29.1 Å². The van der Waals surface area contributed by atoms with Crippen molar-refractivity contribution in [1.82, 2.24) is 14.6 Å². The van der Waals surface area contributed by atoms with Crippen molar-refractivity contribution in [3.05, 3.63) is 34.7 Å². The summed E-state index contributed by atoms with van der Waals surface area (Å²) >= 11 is 0. The minimum atomic E-state index is 0.0926. The lowest BCUT2D eigenvalue weighted by atomic mass is 10.1. The molecule has 6 nitrogen and oxygen atoms in total. The van der Waals surface area contributed by atoms with Crippen molar-refractivity contribution in [2.24, 2.45) is 0 Å². The van der Waals surface area contributed by atoms with Gasteiger partial charge in [-0.1, -0.05) is 12.1 Å². The van der Waals surface area contributed by atoms with E-state index in [0.717, 1.165) is 50.1 Å². The van der Waals surface area contributed by atoms with Gasteiger partial charge in [-0.3, -0.25) is 4.57 Å². The van der Waals surface area contributed by atoms with Crippen LogP contribution in [0, 0.1) is 0 Å². The number of rotatable bonds is 2. The Morgan fingerprint density at radius 1 is 1.05 bits per heavy atom. The van der Waals surface area contributed by atoms with E-state index in [2.05, 4.69) is 16.4 Å². The number of piperidine rings is 1. The SMILES string of the molecule is O=c1n(C2CCNCC2)c2ccccc2n1N1CCOCC1. The summed E-state index contributed by atoms with van der Waals surface area (Å²) in [7, 11) is 0. The van der Waals surface area contributed by atoms with Gasteiger partial charge in [-0.15, -0.1) is 0 Å². The van der Waals surface area contributed by atoms with E-state index < -0.39 is 0 Å². The number of morpholine rings is 1. The van der Waals surface area contributed by atoms with Crippen LogP contribution in [0.4, 0.5) is 0 Å². The number of benzene rings is 1. The van der Waals surface area contributed by atoms with Crippen LogP contribution in [-0.4, -0.2) is 48.6 Å². The number of imidazole rings is 1. The van der Waals surface area contributed by atoms with Crippen molar-refractivity contribution in [3.63, 3.8) is 0 Å². The Balaban J connectivity index is 1.86. The molecule has 2 aliphatic rings. The summed E-state index contributed by atoms with van der Waals surface area (Å²) in [6.07, 6.45) is 2.02. The molecule has 0 atom stereocenters. The first-order chi connectivity index (χ1) is 10.9. The van der Waals surface area contributed by atoms with Crippen LogP contribution in [0.3, 0.4) is 0 Å². The fourth-order valence-corrected chi connectivity index (χ4v) is 3.60. The first kappa shape index (κ1) is 13.8. The van der Waals surface area contributed by atoms with Gasteiger partial charge in [-0.2, -0.15) is 0 Å². The Bertz CT molecular complexity index is 650. The zero-order valence-corrected chi connectivity index (χ0v) is 12.7. The summed E-state index contributed by atoms with van der Waals surface area (Å²) in [5.74, 6) is 0. The largest absolute Gasteiger partial charge is 0.378 e. The lowest BCUT2D eigenvalue weighted by Crippen LogP contribution is -2.49. The maximum absolute atomic E-state index is 13.1. The number of nitrogens with zero attached hydrogens (tertiary/aromatic N) is 3. The number of hydrogen-bond donors (Lipinski definition) is 1. The topological polar surface area (TPSA) is 51.4 Å². The van der Waals surface area contributed by atoms with Crippen molar-refractivity contribution in [2.75, 3.05) is 44.4 Å². The highest BCUT2D eigenvalue weighted by atomic mass is 16.5. The Labute approximate surface area is 129 Å². The molecule has 3 heterocycles. The lowest BCUT2D eigenvalue weighted by molar-refractivity contribution is 0.111. The second-order valence-corrected chi connectivity index (χ2v) is 6.00. The summed E-state index contributed by atoms with van der Waals surface area (Å²) in [6, 6.07) is 8.43. The first-order valence-electron chi connectivity index (χ1n) is 8.12. The van der Waals surface area contributed by atoms with E-state index in [9.17, 15) is 4.79 Å². The number of hydrogen-bond acceptors (Lipinski definition) is 4. The highest BCUT2D eigenvalue weighted by molar-refractivity contribution is 5.76. The van der Waals surface area contributed by atoms with Gasteiger partial charge >= 0.3 is 5.69 Å². The molecule has 0 radical (unpaired) electrons. The third-order valence-electron chi connectivity index (χ3n) is 4.70. The maximum atomic E-state index is 13.1. The van der Waals surface area contributed by atoms with Gasteiger partial charge in [0.1, 0.15) is 0 Å². The molecule has 0 spiro atoms. The maximum Gasteiger partial charge on any atom is 0.348 e. The highest BCUT2D eigenvalue weighted by Crippen LogP contribution is 2.23. The van der Waals surface area contributed by atoms with E-state index >= 15 is 0 Å². The molecule has 2 fully saturated rings. The van der Waals surface area contributed by atoms with Gasteiger partial charge in [0.25, 0.3) is 0 Å². The van der Waals surface area contributed by atoms with E-state index in [0.29, 0.717) is 19.3 Å². The van der Waals surface area contributed by atoms with Crippen LogP contribution in [0.1, 0.15) is 18.9 Å². The van der Waals surface area contributed by atoms with Crippen LogP contribution in [0.5, 0.6) is 0 Å². The molecule has 4 rings (SSSR count). The molecule has 1 aromatic heterocycles. The Hall–Kier alpha value is -1.79. The molecular formula is C16H22N4O2. The number of nitrogens with one attached hydrogen (secondary N) is 1. The molecule has 2 saturated heterocycles. The van der Waals surface area contributed by atoms with Gasteiger partial charge in [-0.25, -0.2) is 9.47 Å². The van der Waals surface area contributed by atoms with E-state index in [-0.39, 0.29) is 5.69 Å². The van der Waals surface area contributed by atoms with Crippen molar-refractivity contribution < 1.29 is 4.74 Å². The van der Waals surface area contributed by atoms with Crippen LogP contribution in [0.2, 0.25) is 0 Å². The average molecular weight is 302 g/mol. The molecule has 0 saturated carbocycles. The van der Waals surface area contributed by atoms with E-state index in [1.54, 1.807) is 0 Å². The average Bonchev–Trinajstić information content (AvgIpc) is 2.88. The van der Waals surface area contributed by atoms with E-state index in [4.69, 9.17) is 4.74 Å². The van der Waals surface area contributed by atoms with Gasteiger partial charge in [0.2, 0.25) is 0 Å². The Kier molecular flexibility index (Phi) is 3.63. The van der Waals surface area contributed by atoms with E-state index in [1.165, 1.54) is 0 Å². The van der Waals surface area contributed by atoms with Crippen molar-refractivity contribution in [2.45, 2.75) is 18.9 Å². The highest BCUT2D eigenvalue weighted by Gasteiger charge is 2.24. The molecule has 0 aliphatic carbocycles. The van der Waals surface area contributed by atoms with Gasteiger partial charge < -0.3 is 15.1 Å². The van der Waals surface area contributed by atoms with Gasteiger partial charge in [-0.05, 0) is 38.1 Å². The summed E-state index contributed by atoms with van der Waals surface area (Å²) in [5, 5.41) is 5.49. The third-order valence-corrected chi connectivity index (χ3v) is 4.70. The smallest absolute Gasteiger partial charge is 0.348 e. The van der Waals surface area contributed by atoms with Crippen molar-refractivity contribution in [3.8, 4) is 0 Å². The number of ether oxygens (including phenoxy) is 1. The molecule has 0 bridgehead atoms. The Morgan fingerprint density at radius 3 is 2.45 bits per heavy atom. The first-order valence-corrected chi connectivity index (χ1v) is 8.12. The summed E-state index contributed by atoms with van der Waals surface area (Å²) in [5.41, 5.74) is 2.15. The molecule has 1 aromatic carbocycles. The minimum Gasteiger partial charge on any atom is -0.378 e. The fourth-order valence-electron chi connectivity index (χ4n) is 3.60. The normalized spacial score (nSPS) is 20.6. The molecule has 0 amide bonds. The molecule has 118 valence electrons. The summed E-state index contributed by atoms with van der Waals surface area (Å²) in [4.78, 5) is 13.1. The molecule has 0 unspecified atom stereocenters. The number of aromatic nitrogens is 2. The molecule has 2 aliphatic heterocycles. The predicted molar refractivity (Wildman–Crippen MR) is 86.1 cm³/mol. The zero-order valence-electron chi connectivity index (χ0n) is 12.7. The summed E-state index contributed by atoms with van der Waals surface area (Å²) < 4.78 is 9.29. The molecular weight excluding hydrogens is 280 g/mol. The molecule has 1 N–H and O–H groups in total. The minimum absolute atomic E-state index is 0.0926. The zero-order chi connectivity index (χ0) is 14.9. The van der Waals surface area contributed by atoms with Gasteiger partial charge in [0.15, 0.2) is 0 Å². The van der Waals surface area contributed by atoms with Crippen LogP contribution in [-0.2, 0) is 4.74 Å². The fraction of sp³-hybridized carbons (Fsp3) is 0.562. The van der Waals surface area contributed by atoms with Gasteiger partial charge in [0.05, 0.1) is 37.3 Å². The summed E-state index contributed by atoms with van der Waals surface area (Å²) in [6.45, 7) is 4.85. The number of para-hydroxylation sites is 2. The lowest BCUT2D eigenvalue weighted by Gasteiger charge is -2.29. The second kappa shape index (κ2) is 5.78. The third kappa shape index (κ3) is 2.23. The molecule has 6 heteroatoms. The second-order valence-electron chi connectivity index (χ2n) is 6.00. The van der Waals surface area contributed by atoms with Crippen LogP contribution < -0.4 is 16.0 Å². The number of fused-ring (bicyclic) bond motifs is 1. The molecule has 2 aromatic rings. The standard InChI is InChI=1S/C16H22N4O2/c21-16-19(13-5-7-17-8-6-13)14-3-1-2-4-15(14)20(16)18-9-11-22-12-10-18/h1-4,13,17H,5-12H2. The monoisotopic (exact) mass is 302 g/mol. The van der Waals surface area contributed by atoms with Crippen LogP contribution >= 0.6 is 0 Å². The quantitative estimate of drug-likeness (QED) is 0.887. The van der Waals surface area contributed by atoms with E-state index in [1.807, 2.05) is 27.4 Å². The molecule has 22 heavy (non-hydrogen) atoms. The van der Waals surface area contributed by atoms with Crippen molar-refractivity contribution in [1.29, 1.82) is 0 Å². The van der Waals surface area contributed by atoms with Crippen molar-refractivity contribution >= 4 is 11.0 Å². The predicted octanol–water partition coefficient (Wildman–Crippen LogP) is 0.696. The van der Waals surface area contributed by atoms with Crippen LogP contribution in [0.25, 0.3) is 11.0 Å². The van der Waals surface area contributed by atoms with Gasteiger partial charge in [0, 0.05) is 6.04 Å².